The van der Waals surface area contributed by atoms with Gasteiger partial charge in [-0.05, 0) is 25.0 Å². The van der Waals surface area contributed by atoms with Crippen LogP contribution in [0.25, 0.3) is 0 Å². The second-order valence-corrected chi connectivity index (χ2v) is 7.29. The van der Waals surface area contributed by atoms with Crippen LogP contribution in [0.5, 0.6) is 0 Å². The van der Waals surface area contributed by atoms with E-state index in [-0.39, 0.29) is 11.8 Å². The molecule has 1 aliphatic rings. The third-order valence-electron chi connectivity index (χ3n) is 4.86. The van der Waals surface area contributed by atoms with Crippen LogP contribution in [-0.2, 0) is 4.79 Å². The van der Waals surface area contributed by atoms with Crippen LogP contribution in [0.2, 0.25) is 5.02 Å². The molecule has 1 atom stereocenters. The third-order valence-corrected chi connectivity index (χ3v) is 5.18. The largest absolute Gasteiger partial charge is 0.359 e. The second-order valence-electron chi connectivity index (χ2n) is 6.88. The number of benzene rings is 1. The van der Waals surface area contributed by atoms with Gasteiger partial charge >= 0.3 is 0 Å². The summed E-state index contributed by atoms with van der Waals surface area (Å²) in [5.74, 6) is 0.00691. The first-order chi connectivity index (χ1) is 11.4. The number of nitriles is 1. The Morgan fingerprint density at radius 2 is 2.04 bits per heavy atom. The molecule has 1 aromatic rings. The van der Waals surface area contributed by atoms with Gasteiger partial charge in [0.2, 0.25) is 0 Å². The summed E-state index contributed by atoms with van der Waals surface area (Å²) in [6.07, 6.45) is 0. The molecule has 0 aliphatic carbocycles. The molecule has 24 heavy (non-hydrogen) atoms. The summed E-state index contributed by atoms with van der Waals surface area (Å²) in [4.78, 5) is 15.8. The molecule has 130 valence electrons. The van der Waals surface area contributed by atoms with E-state index in [1.165, 1.54) is 4.90 Å². The van der Waals surface area contributed by atoms with Crippen LogP contribution in [0.15, 0.2) is 24.3 Å². The highest BCUT2D eigenvalue weighted by molar-refractivity contribution is 6.33. The lowest BCUT2D eigenvalue weighted by atomic mass is 9.90. The van der Waals surface area contributed by atoms with Crippen LogP contribution < -0.4 is 15.1 Å². The van der Waals surface area contributed by atoms with E-state index in [4.69, 9.17) is 11.6 Å². The van der Waals surface area contributed by atoms with Crippen molar-refractivity contribution >= 4 is 23.2 Å². The lowest BCUT2D eigenvalue weighted by molar-refractivity contribution is -0.892. The standard InChI is InChI=1S/C18H25ClN4O/c1-14(2)18(3,13-20)21-17(24)12-22-8-10-23(11-9-22)16-7-5-4-6-15(16)19/h4-7,14H,8-12H2,1-3H3,(H,21,24)/p+1/t18-/m1/s1. The number of amides is 1. The first kappa shape index (κ1) is 18.6. The Morgan fingerprint density at radius 1 is 1.42 bits per heavy atom. The lowest BCUT2D eigenvalue weighted by Gasteiger charge is -2.34. The maximum atomic E-state index is 12.3. The number of quaternary nitrogens is 1. The molecule has 0 radical (unpaired) electrons. The molecule has 0 bridgehead atoms. The minimum atomic E-state index is -0.810. The lowest BCUT2D eigenvalue weighted by Crippen LogP contribution is -3.16. The van der Waals surface area contributed by atoms with Gasteiger partial charge < -0.3 is 15.1 Å². The average Bonchev–Trinajstić information content (AvgIpc) is 2.55. The molecule has 1 saturated heterocycles. The first-order valence-corrected chi connectivity index (χ1v) is 8.79. The number of hydrogen-bond acceptors (Lipinski definition) is 3. The number of para-hydroxylation sites is 1. The molecule has 1 heterocycles. The highest BCUT2D eigenvalue weighted by atomic mass is 35.5. The highest BCUT2D eigenvalue weighted by Gasteiger charge is 2.32. The van der Waals surface area contributed by atoms with Crippen LogP contribution in [0.1, 0.15) is 20.8 Å². The van der Waals surface area contributed by atoms with E-state index in [1.54, 1.807) is 6.92 Å². The smallest absolute Gasteiger partial charge is 0.276 e. The van der Waals surface area contributed by atoms with Crippen molar-refractivity contribution < 1.29 is 9.69 Å². The van der Waals surface area contributed by atoms with E-state index in [1.807, 2.05) is 38.1 Å². The molecule has 6 heteroatoms. The van der Waals surface area contributed by atoms with Gasteiger partial charge in [-0.15, -0.1) is 0 Å². The quantitative estimate of drug-likeness (QED) is 0.837. The van der Waals surface area contributed by atoms with Crippen molar-refractivity contribution in [2.75, 3.05) is 37.6 Å². The normalized spacial score (nSPS) is 18.1. The molecule has 0 saturated carbocycles. The molecular formula is C18H26ClN4O+. The summed E-state index contributed by atoms with van der Waals surface area (Å²) < 4.78 is 0. The molecule has 0 aromatic heterocycles. The molecule has 0 spiro atoms. The van der Waals surface area contributed by atoms with Crippen molar-refractivity contribution in [3.05, 3.63) is 29.3 Å². The molecule has 2 rings (SSSR count). The van der Waals surface area contributed by atoms with E-state index < -0.39 is 5.54 Å². The number of rotatable bonds is 5. The van der Waals surface area contributed by atoms with E-state index in [9.17, 15) is 10.1 Å². The Bertz CT molecular complexity index is 620. The predicted octanol–water partition coefficient (Wildman–Crippen LogP) is 1.10. The molecule has 5 nitrogen and oxygen atoms in total. The van der Waals surface area contributed by atoms with Crippen LogP contribution in [0.4, 0.5) is 5.69 Å². The van der Waals surface area contributed by atoms with E-state index in [2.05, 4.69) is 16.3 Å². The fraction of sp³-hybridized carbons (Fsp3) is 0.556. The number of nitrogens with one attached hydrogen (secondary N) is 2. The number of carbonyl (C=O) groups is 1. The van der Waals surface area contributed by atoms with E-state index in [0.29, 0.717) is 6.54 Å². The van der Waals surface area contributed by atoms with Crippen LogP contribution >= 0.6 is 11.6 Å². The van der Waals surface area contributed by atoms with Crippen molar-refractivity contribution in [3.8, 4) is 6.07 Å². The number of carbonyl (C=O) groups excluding carboxylic acids is 1. The fourth-order valence-corrected chi connectivity index (χ4v) is 3.07. The van der Waals surface area contributed by atoms with Crippen molar-refractivity contribution in [2.45, 2.75) is 26.3 Å². The molecular weight excluding hydrogens is 324 g/mol. The highest BCUT2D eigenvalue weighted by Crippen LogP contribution is 2.24. The van der Waals surface area contributed by atoms with Crippen molar-refractivity contribution in [2.24, 2.45) is 5.92 Å². The number of halogens is 1. The zero-order valence-electron chi connectivity index (χ0n) is 14.6. The topological polar surface area (TPSA) is 60.6 Å². The van der Waals surface area contributed by atoms with Gasteiger partial charge in [0.15, 0.2) is 6.54 Å². The number of anilines is 1. The zero-order chi connectivity index (χ0) is 17.7. The van der Waals surface area contributed by atoms with Gasteiger partial charge in [0, 0.05) is 0 Å². The molecule has 1 fully saturated rings. The SMILES string of the molecule is CC(C)[C@@](C)(C#N)NC(=O)C[NH+]1CCN(c2ccccc2Cl)CC1. The van der Waals surface area contributed by atoms with Crippen molar-refractivity contribution in [3.63, 3.8) is 0 Å². The van der Waals surface area contributed by atoms with Crippen LogP contribution in [0.3, 0.4) is 0 Å². The van der Waals surface area contributed by atoms with Crippen molar-refractivity contribution in [1.82, 2.24) is 5.32 Å². The first-order valence-electron chi connectivity index (χ1n) is 8.41. The second kappa shape index (κ2) is 7.87. The molecule has 2 N–H and O–H groups in total. The summed E-state index contributed by atoms with van der Waals surface area (Å²) in [6, 6.07) is 10.1. The van der Waals surface area contributed by atoms with E-state index in [0.717, 1.165) is 36.9 Å². The predicted molar refractivity (Wildman–Crippen MR) is 96.2 cm³/mol. The van der Waals surface area contributed by atoms with Gasteiger partial charge in [-0.25, -0.2) is 0 Å². The third kappa shape index (κ3) is 4.40. The summed E-state index contributed by atoms with van der Waals surface area (Å²) in [5, 5.41) is 13.0. The summed E-state index contributed by atoms with van der Waals surface area (Å²) in [7, 11) is 0. The van der Waals surface area contributed by atoms with Crippen LogP contribution in [0, 0.1) is 17.2 Å². The van der Waals surface area contributed by atoms with Gasteiger partial charge in [0.25, 0.3) is 5.91 Å². The number of piperazine rings is 1. The maximum Gasteiger partial charge on any atom is 0.276 e. The monoisotopic (exact) mass is 349 g/mol. The minimum absolute atomic E-state index is 0.0612. The van der Waals surface area contributed by atoms with Gasteiger partial charge in [0.1, 0.15) is 5.54 Å². The van der Waals surface area contributed by atoms with Gasteiger partial charge in [-0.3, -0.25) is 4.79 Å². The summed E-state index contributed by atoms with van der Waals surface area (Å²) >= 11 is 6.25. The van der Waals surface area contributed by atoms with Crippen LogP contribution in [-0.4, -0.2) is 44.2 Å². The number of hydrogen-bond donors (Lipinski definition) is 2. The van der Waals surface area contributed by atoms with Crippen molar-refractivity contribution in [1.29, 1.82) is 5.26 Å². The molecule has 1 amide bonds. The van der Waals surface area contributed by atoms with E-state index >= 15 is 0 Å². The minimum Gasteiger partial charge on any atom is -0.359 e. The Morgan fingerprint density at radius 3 is 2.58 bits per heavy atom. The van der Waals surface area contributed by atoms with Gasteiger partial charge in [-0.1, -0.05) is 37.6 Å². The molecule has 0 unspecified atom stereocenters. The van der Waals surface area contributed by atoms with Gasteiger partial charge in [-0.2, -0.15) is 5.26 Å². The fourth-order valence-electron chi connectivity index (χ4n) is 2.81. The molecule has 1 aromatic carbocycles. The zero-order valence-corrected chi connectivity index (χ0v) is 15.4. The summed E-state index contributed by atoms with van der Waals surface area (Å²) in [5.41, 5.74) is 0.246. The maximum absolute atomic E-state index is 12.3. The Balaban J connectivity index is 1.86. The van der Waals surface area contributed by atoms with Gasteiger partial charge in [0.05, 0.1) is 43.0 Å². The molecule has 1 aliphatic heterocycles. The summed E-state index contributed by atoms with van der Waals surface area (Å²) in [6.45, 7) is 9.56. The Kier molecular flexibility index (Phi) is 6.09. The Labute approximate surface area is 149 Å². The average molecular weight is 350 g/mol. The number of nitrogens with zero attached hydrogens (tertiary/aromatic N) is 2. The Hall–Kier alpha value is -1.77.